The summed E-state index contributed by atoms with van der Waals surface area (Å²) < 4.78 is 46.6. The third kappa shape index (κ3) is 7.66. The average Bonchev–Trinajstić information content (AvgIpc) is 2.64. The van der Waals surface area contributed by atoms with Crippen molar-refractivity contribution in [1.82, 2.24) is 5.32 Å². The van der Waals surface area contributed by atoms with Crippen LogP contribution in [-0.4, -0.2) is 31.8 Å². The summed E-state index contributed by atoms with van der Waals surface area (Å²) >= 11 is 0. The number of nitrogens with one attached hydrogen (secondary N) is 1. The summed E-state index contributed by atoms with van der Waals surface area (Å²) in [6.07, 6.45) is -4.03. The van der Waals surface area contributed by atoms with Crippen molar-refractivity contribution in [2.45, 2.75) is 25.2 Å². The van der Waals surface area contributed by atoms with Gasteiger partial charge in [-0.3, -0.25) is 4.79 Å². The van der Waals surface area contributed by atoms with E-state index >= 15 is 0 Å². The molecular formula is C19H22ClF3N2O3. The molecule has 1 atom stereocenters. The Labute approximate surface area is 167 Å². The molecule has 2 rings (SSSR count). The van der Waals surface area contributed by atoms with Gasteiger partial charge in [0.2, 0.25) is 5.91 Å². The Morgan fingerprint density at radius 3 is 2.39 bits per heavy atom. The van der Waals surface area contributed by atoms with Gasteiger partial charge < -0.3 is 20.5 Å². The first kappa shape index (κ1) is 23.6. The van der Waals surface area contributed by atoms with Gasteiger partial charge in [0.05, 0.1) is 13.2 Å². The van der Waals surface area contributed by atoms with Gasteiger partial charge in [-0.2, -0.15) is 13.2 Å². The second-order valence-electron chi connectivity index (χ2n) is 5.90. The first-order valence-corrected chi connectivity index (χ1v) is 8.22. The van der Waals surface area contributed by atoms with Crippen LogP contribution in [0.4, 0.5) is 13.2 Å². The lowest BCUT2D eigenvalue weighted by Gasteiger charge is -2.15. The summed E-state index contributed by atoms with van der Waals surface area (Å²) in [5.41, 5.74) is 7.51. The molecule has 0 heterocycles. The Kier molecular flexibility index (Phi) is 9.08. The summed E-state index contributed by atoms with van der Waals surface area (Å²) in [6, 6.07) is 13.1. The van der Waals surface area contributed by atoms with E-state index in [4.69, 9.17) is 15.2 Å². The van der Waals surface area contributed by atoms with E-state index in [-0.39, 0.29) is 36.4 Å². The number of amides is 1. The first-order valence-electron chi connectivity index (χ1n) is 8.22. The van der Waals surface area contributed by atoms with Crippen molar-refractivity contribution < 1.29 is 27.4 Å². The Morgan fingerprint density at radius 2 is 1.79 bits per heavy atom. The molecule has 0 aromatic heterocycles. The fraction of sp³-hybridized carbons (Fsp3) is 0.316. The topological polar surface area (TPSA) is 73.6 Å². The van der Waals surface area contributed by atoms with Crippen LogP contribution < -0.4 is 20.5 Å². The minimum Gasteiger partial charge on any atom is -0.493 e. The number of halogens is 4. The number of rotatable bonds is 8. The Morgan fingerprint density at radius 1 is 1.11 bits per heavy atom. The maximum absolute atomic E-state index is 12.3. The summed E-state index contributed by atoms with van der Waals surface area (Å²) in [6.45, 7) is -1.25. The monoisotopic (exact) mass is 418 g/mol. The number of carbonyl (C=O) groups excluding carboxylic acids is 1. The van der Waals surface area contributed by atoms with Gasteiger partial charge in [0, 0.05) is 6.54 Å². The van der Waals surface area contributed by atoms with E-state index in [1.165, 1.54) is 19.2 Å². The Bertz CT molecular complexity index is 758. The van der Waals surface area contributed by atoms with Gasteiger partial charge in [0.1, 0.15) is 0 Å². The normalized spacial score (nSPS) is 11.9. The lowest BCUT2D eigenvalue weighted by Crippen LogP contribution is -2.41. The summed E-state index contributed by atoms with van der Waals surface area (Å²) in [7, 11) is 1.33. The van der Waals surface area contributed by atoms with Crippen molar-refractivity contribution in [2.24, 2.45) is 5.73 Å². The van der Waals surface area contributed by atoms with Gasteiger partial charge in [0.15, 0.2) is 18.1 Å². The molecule has 0 bridgehead atoms. The van der Waals surface area contributed by atoms with Crippen molar-refractivity contribution in [3.8, 4) is 11.5 Å². The van der Waals surface area contributed by atoms with E-state index in [1.807, 2.05) is 30.3 Å². The summed E-state index contributed by atoms with van der Waals surface area (Å²) in [4.78, 5) is 12.1. The van der Waals surface area contributed by atoms with Crippen LogP contribution in [0.25, 0.3) is 0 Å². The average molecular weight is 419 g/mol. The van der Waals surface area contributed by atoms with Crippen LogP contribution in [0.1, 0.15) is 11.1 Å². The molecule has 1 amide bonds. The molecule has 0 saturated carbocycles. The molecule has 5 nitrogen and oxygen atoms in total. The zero-order valence-electron chi connectivity index (χ0n) is 15.2. The van der Waals surface area contributed by atoms with Gasteiger partial charge in [-0.1, -0.05) is 36.4 Å². The zero-order valence-corrected chi connectivity index (χ0v) is 16.0. The number of hydrogen-bond donors (Lipinski definition) is 2. The standard InChI is InChI=1S/C19H21F3N2O3.ClH/c1-26-17-10-14(7-8-16(17)27-12-19(20,21)22)11-24-18(25)15(23)9-13-5-3-2-4-6-13;/h2-8,10,15H,9,11-12,23H2,1H3,(H,24,25);1H/t15-;/m0./s1. The van der Waals surface area contributed by atoms with Crippen LogP contribution >= 0.6 is 12.4 Å². The number of ether oxygens (including phenoxy) is 2. The fourth-order valence-electron chi connectivity index (χ4n) is 2.38. The molecule has 9 heteroatoms. The smallest absolute Gasteiger partial charge is 0.422 e. The highest BCUT2D eigenvalue weighted by Crippen LogP contribution is 2.29. The lowest BCUT2D eigenvalue weighted by atomic mass is 10.1. The van der Waals surface area contributed by atoms with Crippen molar-refractivity contribution in [3.05, 3.63) is 59.7 Å². The third-order valence-electron chi connectivity index (χ3n) is 3.72. The van der Waals surface area contributed by atoms with Crippen molar-refractivity contribution in [1.29, 1.82) is 0 Å². The quantitative estimate of drug-likeness (QED) is 0.690. The van der Waals surface area contributed by atoms with E-state index in [0.29, 0.717) is 12.0 Å². The van der Waals surface area contributed by atoms with E-state index in [2.05, 4.69) is 5.32 Å². The van der Waals surface area contributed by atoms with E-state index in [0.717, 1.165) is 5.56 Å². The number of nitrogens with two attached hydrogens (primary N) is 1. The van der Waals surface area contributed by atoms with Gasteiger partial charge in [-0.25, -0.2) is 0 Å². The minimum atomic E-state index is -4.44. The van der Waals surface area contributed by atoms with Crippen LogP contribution in [0.2, 0.25) is 0 Å². The highest BCUT2D eigenvalue weighted by molar-refractivity contribution is 5.85. The number of carbonyl (C=O) groups is 1. The zero-order chi connectivity index (χ0) is 19.9. The van der Waals surface area contributed by atoms with Crippen molar-refractivity contribution >= 4 is 18.3 Å². The molecule has 0 fully saturated rings. The molecule has 0 aliphatic carbocycles. The van der Waals surface area contributed by atoms with Crippen LogP contribution in [0.5, 0.6) is 11.5 Å². The molecule has 3 N–H and O–H groups in total. The molecule has 0 spiro atoms. The predicted octanol–water partition coefficient (Wildman–Crippen LogP) is 3.24. The number of hydrogen-bond acceptors (Lipinski definition) is 4. The molecule has 2 aromatic carbocycles. The second-order valence-corrected chi connectivity index (χ2v) is 5.90. The Balaban J connectivity index is 0.00000392. The van der Waals surface area contributed by atoms with Gasteiger partial charge in [-0.05, 0) is 29.7 Å². The largest absolute Gasteiger partial charge is 0.493 e. The molecule has 2 aromatic rings. The SMILES string of the molecule is COc1cc(CNC(=O)[C@@H](N)Cc2ccccc2)ccc1OCC(F)(F)F.Cl. The van der Waals surface area contributed by atoms with Crippen molar-refractivity contribution in [3.63, 3.8) is 0 Å². The van der Waals surface area contributed by atoms with E-state index in [1.54, 1.807) is 6.07 Å². The maximum Gasteiger partial charge on any atom is 0.422 e. The minimum absolute atomic E-state index is 0. The molecular weight excluding hydrogens is 397 g/mol. The second kappa shape index (κ2) is 10.8. The molecule has 0 radical (unpaired) electrons. The Hall–Kier alpha value is -2.45. The number of methoxy groups -OCH3 is 1. The van der Waals surface area contributed by atoms with Crippen LogP contribution in [0.15, 0.2) is 48.5 Å². The molecule has 0 aliphatic rings. The highest BCUT2D eigenvalue weighted by Gasteiger charge is 2.29. The third-order valence-corrected chi connectivity index (χ3v) is 3.72. The van der Waals surface area contributed by atoms with Gasteiger partial charge in [-0.15, -0.1) is 12.4 Å². The van der Waals surface area contributed by atoms with Gasteiger partial charge in [0.25, 0.3) is 0 Å². The maximum atomic E-state index is 12.3. The van der Waals surface area contributed by atoms with E-state index in [9.17, 15) is 18.0 Å². The van der Waals surface area contributed by atoms with E-state index < -0.39 is 18.8 Å². The molecule has 0 aliphatic heterocycles. The fourth-order valence-corrected chi connectivity index (χ4v) is 2.38. The highest BCUT2D eigenvalue weighted by atomic mass is 35.5. The van der Waals surface area contributed by atoms with Crippen LogP contribution in [-0.2, 0) is 17.8 Å². The predicted molar refractivity (Wildman–Crippen MR) is 102 cm³/mol. The molecule has 154 valence electrons. The number of benzene rings is 2. The van der Waals surface area contributed by atoms with Gasteiger partial charge >= 0.3 is 6.18 Å². The van der Waals surface area contributed by atoms with Crippen molar-refractivity contribution in [2.75, 3.05) is 13.7 Å². The van der Waals surface area contributed by atoms with Crippen LogP contribution in [0.3, 0.4) is 0 Å². The summed E-state index contributed by atoms with van der Waals surface area (Å²) in [5, 5.41) is 2.71. The number of alkyl halides is 3. The van der Waals surface area contributed by atoms with Crippen LogP contribution in [0, 0.1) is 0 Å². The lowest BCUT2D eigenvalue weighted by molar-refractivity contribution is -0.153. The summed E-state index contributed by atoms with van der Waals surface area (Å²) in [5.74, 6) is -0.194. The molecule has 28 heavy (non-hydrogen) atoms. The first-order chi connectivity index (χ1) is 12.8. The molecule has 0 unspecified atom stereocenters. The molecule has 0 saturated heterocycles.